The van der Waals surface area contributed by atoms with E-state index in [9.17, 15) is 22.8 Å². The fourth-order valence-corrected chi connectivity index (χ4v) is 2.60. The van der Waals surface area contributed by atoms with Gasteiger partial charge in [0.2, 0.25) is 5.91 Å². The molecule has 0 radical (unpaired) electrons. The zero-order valence-corrected chi connectivity index (χ0v) is 12.5. The third-order valence-electron chi connectivity index (χ3n) is 3.21. The van der Waals surface area contributed by atoms with Crippen molar-refractivity contribution in [3.05, 3.63) is 28.2 Å². The molecule has 1 atom stereocenters. The molecule has 0 spiro atoms. The number of nitrogens with zero attached hydrogens (tertiary/aromatic N) is 1. The molecule has 1 amide bonds. The molecule has 1 unspecified atom stereocenters. The molecule has 1 aliphatic heterocycles. The van der Waals surface area contributed by atoms with Crippen LogP contribution in [0.3, 0.4) is 0 Å². The lowest BCUT2D eigenvalue weighted by atomic mass is 10.1. The van der Waals surface area contributed by atoms with Crippen LogP contribution in [0, 0.1) is 5.92 Å². The number of benzene rings is 1. The zero-order valence-electron chi connectivity index (χ0n) is 10.9. The first kappa shape index (κ1) is 15.8. The fraction of sp³-hybridized carbons (Fsp3) is 0.385. The van der Waals surface area contributed by atoms with E-state index >= 15 is 0 Å². The fourth-order valence-electron chi connectivity index (χ4n) is 2.24. The Balaban J connectivity index is 2.39. The minimum Gasteiger partial charge on any atom is -0.469 e. The van der Waals surface area contributed by atoms with Crippen molar-refractivity contribution in [1.29, 1.82) is 0 Å². The molecule has 0 saturated carbocycles. The Morgan fingerprint density at radius 1 is 1.43 bits per heavy atom. The van der Waals surface area contributed by atoms with Gasteiger partial charge in [0.25, 0.3) is 0 Å². The van der Waals surface area contributed by atoms with Gasteiger partial charge in [0.1, 0.15) is 0 Å². The van der Waals surface area contributed by atoms with E-state index in [2.05, 4.69) is 20.7 Å². The molecular formula is C13H11BrF3NO3. The summed E-state index contributed by atoms with van der Waals surface area (Å²) in [5.41, 5.74) is -1.17. The molecule has 0 N–H and O–H groups in total. The highest BCUT2D eigenvalue weighted by Gasteiger charge is 2.41. The lowest BCUT2D eigenvalue weighted by molar-refractivity contribution is -0.145. The standard InChI is InChI=1S/C13H11BrF3NO3/c1-21-12(20)7-4-11(19)18(6-7)10-3-2-8(14)5-9(10)13(15,16)17/h2-3,5,7H,4,6H2,1H3. The van der Waals surface area contributed by atoms with Crippen LogP contribution in [0.2, 0.25) is 0 Å². The van der Waals surface area contributed by atoms with E-state index in [0.717, 1.165) is 11.0 Å². The van der Waals surface area contributed by atoms with Crippen molar-refractivity contribution in [2.75, 3.05) is 18.6 Å². The first-order chi connectivity index (χ1) is 9.74. The maximum absolute atomic E-state index is 13.1. The summed E-state index contributed by atoms with van der Waals surface area (Å²) in [7, 11) is 1.18. The Morgan fingerprint density at radius 2 is 2.10 bits per heavy atom. The molecule has 0 bridgehead atoms. The highest BCUT2D eigenvalue weighted by atomic mass is 79.9. The molecule has 0 aliphatic carbocycles. The summed E-state index contributed by atoms with van der Waals surface area (Å²) in [6.45, 7) is -0.115. The molecule has 2 rings (SSSR count). The van der Waals surface area contributed by atoms with Crippen molar-refractivity contribution in [2.24, 2.45) is 5.92 Å². The lowest BCUT2D eigenvalue weighted by Crippen LogP contribution is -2.28. The average molecular weight is 366 g/mol. The van der Waals surface area contributed by atoms with Gasteiger partial charge in [0.15, 0.2) is 0 Å². The monoisotopic (exact) mass is 365 g/mol. The third-order valence-corrected chi connectivity index (χ3v) is 3.71. The summed E-state index contributed by atoms with van der Waals surface area (Å²) < 4.78 is 44.0. The Kier molecular flexibility index (Phi) is 4.27. The van der Waals surface area contributed by atoms with E-state index in [1.807, 2.05) is 0 Å². The summed E-state index contributed by atoms with van der Waals surface area (Å²) in [5.74, 6) is -1.87. The number of carbonyl (C=O) groups excluding carboxylic acids is 2. The summed E-state index contributed by atoms with van der Waals surface area (Å²) >= 11 is 2.98. The second-order valence-corrected chi connectivity index (χ2v) is 5.50. The topological polar surface area (TPSA) is 46.6 Å². The van der Waals surface area contributed by atoms with Crippen LogP contribution in [0.1, 0.15) is 12.0 Å². The molecule has 0 aromatic heterocycles. The molecule has 1 heterocycles. The normalized spacial score (nSPS) is 19.0. The summed E-state index contributed by atoms with van der Waals surface area (Å²) in [6.07, 6.45) is -4.75. The largest absolute Gasteiger partial charge is 0.469 e. The van der Waals surface area contributed by atoms with Gasteiger partial charge >= 0.3 is 12.1 Å². The molecular weight excluding hydrogens is 355 g/mol. The molecule has 21 heavy (non-hydrogen) atoms. The van der Waals surface area contributed by atoms with Crippen LogP contribution in [0.5, 0.6) is 0 Å². The van der Waals surface area contributed by atoms with Gasteiger partial charge in [-0.3, -0.25) is 9.59 Å². The van der Waals surface area contributed by atoms with Crippen LogP contribution in [0.4, 0.5) is 18.9 Å². The highest BCUT2D eigenvalue weighted by molar-refractivity contribution is 9.10. The zero-order chi connectivity index (χ0) is 15.8. The minimum atomic E-state index is -4.59. The number of methoxy groups -OCH3 is 1. The van der Waals surface area contributed by atoms with Gasteiger partial charge in [0.05, 0.1) is 24.3 Å². The Morgan fingerprint density at radius 3 is 2.67 bits per heavy atom. The summed E-state index contributed by atoms with van der Waals surface area (Å²) in [6, 6.07) is 3.54. The number of esters is 1. The van der Waals surface area contributed by atoms with Crippen LogP contribution in [0.15, 0.2) is 22.7 Å². The molecule has 1 aromatic rings. The number of hydrogen-bond donors (Lipinski definition) is 0. The van der Waals surface area contributed by atoms with Gasteiger partial charge in [0, 0.05) is 17.4 Å². The first-order valence-corrected chi connectivity index (χ1v) is 6.78. The lowest BCUT2D eigenvalue weighted by Gasteiger charge is -2.21. The predicted octanol–water partition coefficient (Wildman–Crippen LogP) is 2.99. The Bertz CT molecular complexity index is 589. The number of rotatable bonds is 2. The van der Waals surface area contributed by atoms with E-state index < -0.39 is 29.5 Å². The smallest absolute Gasteiger partial charge is 0.418 e. The second-order valence-electron chi connectivity index (χ2n) is 4.59. The van der Waals surface area contributed by atoms with Gasteiger partial charge in [-0.25, -0.2) is 0 Å². The molecule has 4 nitrogen and oxygen atoms in total. The SMILES string of the molecule is COC(=O)C1CC(=O)N(c2ccc(Br)cc2C(F)(F)F)C1. The molecule has 114 valence electrons. The molecule has 1 aromatic carbocycles. The quantitative estimate of drug-likeness (QED) is 0.757. The number of ether oxygens (including phenoxy) is 1. The van der Waals surface area contributed by atoms with Crippen LogP contribution < -0.4 is 4.90 Å². The number of carbonyl (C=O) groups is 2. The van der Waals surface area contributed by atoms with Crippen molar-refractivity contribution < 1.29 is 27.5 Å². The number of hydrogen-bond acceptors (Lipinski definition) is 3. The minimum absolute atomic E-state index is 0.115. The van der Waals surface area contributed by atoms with Crippen LogP contribution >= 0.6 is 15.9 Å². The second kappa shape index (κ2) is 5.67. The van der Waals surface area contributed by atoms with Crippen molar-refractivity contribution in [2.45, 2.75) is 12.6 Å². The van der Waals surface area contributed by atoms with Gasteiger partial charge < -0.3 is 9.64 Å². The van der Waals surface area contributed by atoms with Gasteiger partial charge in [-0.05, 0) is 18.2 Å². The maximum Gasteiger partial charge on any atom is 0.418 e. The van der Waals surface area contributed by atoms with E-state index in [-0.39, 0.29) is 23.1 Å². The van der Waals surface area contributed by atoms with Crippen molar-refractivity contribution in [3.63, 3.8) is 0 Å². The van der Waals surface area contributed by atoms with E-state index in [1.165, 1.54) is 19.2 Å². The van der Waals surface area contributed by atoms with Crippen molar-refractivity contribution >= 4 is 33.5 Å². The summed E-state index contributed by atoms with van der Waals surface area (Å²) in [4.78, 5) is 24.3. The maximum atomic E-state index is 13.1. The third kappa shape index (κ3) is 3.20. The van der Waals surface area contributed by atoms with Crippen LogP contribution in [-0.4, -0.2) is 25.5 Å². The van der Waals surface area contributed by atoms with Gasteiger partial charge in [-0.15, -0.1) is 0 Å². The number of anilines is 1. The number of alkyl halides is 3. The van der Waals surface area contributed by atoms with Crippen molar-refractivity contribution in [1.82, 2.24) is 0 Å². The number of halogens is 4. The van der Waals surface area contributed by atoms with Crippen molar-refractivity contribution in [3.8, 4) is 0 Å². The summed E-state index contributed by atoms with van der Waals surface area (Å²) in [5, 5.41) is 0. The van der Waals surface area contributed by atoms with E-state index in [0.29, 0.717) is 0 Å². The highest BCUT2D eigenvalue weighted by Crippen LogP contribution is 2.40. The van der Waals surface area contributed by atoms with E-state index in [4.69, 9.17) is 0 Å². The molecule has 1 saturated heterocycles. The first-order valence-electron chi connectivity index (χ1n) is 5.99. The average Bonchev–Trinajstić information content (AvgIpc) is 2.79. The van der Waals surface area contributed by atoms with E-state index in [1.54, 1.807) is 0 Å². The Labute approximate surface area is 127 Å². The van der Waals surface area contributed by atoms with Crippen LogP contribution in [-0.2, 0) is 20.5 Å². The molecule has 8 heteroatoms. The van der Waals surface area contributed by atoms with Crippen LogP contribution in [0.25, 0.3) is 0 Å². The number of amides is 1. The Hall–Kier alpha value is -1.57. The van der Waals surface area contributed by atoms with Gasteiger partial charge in [-0.1, -0.05) is 15.9 Å². The molecule has 1 fully saturated rings. The van der Waals surface area contributed by atoms with Gasteiger partial charge in [-0.2, -0.15) is 13.2 Å². The predicted molar refractivity (Wildman–Crippen MR) is 71.6 cm³/mol. The molecule has 1 aliphatic rings.